The zero-order valence-corrected chi connectivity index (χ0v) is 11.4. The van der Waals surface area contributed by atoms with Gasteiger partial charge >= 0.3 is 0 Å². The molecule has 1 aromatic carbocycles. The lowest BCUT2D eigenvalue weighted by molar-refractivity contribution is 0.102. The summed E-state index contributed by atoms with van der Waals surface area (Å²) in [5.74, 6) is -0.222. The van der Waals surface area contributed by atoms with E-state index in [2.05, 4.69) is 10.3 Å². The molecule has 0 atom stereocenters. The molecule has 5 heteroatoms. The summed E-state index contributed by atoms with van der Waals surface area (Å²) in [5, 5.41) is 5.44. The first-order chi connectivity index (χ1) is 8.49. The Bertz CT molecular complexity index is 604. The van der Waals surface area contributed by atoms with Gasteiger partial charge < -0.3 is 11.1 Å². The van der Waals surface area contributed by atoms with Crippen molar-refractivity contribution >= 4 is 28.6 Å². The highest BCUT2D eigenvalue weighted by Crippen LogP contribution is 2.26. The molecule has 1 heterocycles. The van der Waals surface area contributed by atoms with Gasteiger partial charge in [0.1, 0.15) is 5.69 Å². The molecule has 0 aliphatic heterocycles. The topological polar surface area (TPSA) is 68.0 Å². The third-order valence-corrected chi connectivity index (χ3v) is 3.63. The minimum Gasteiger partial charge on any atom is -0.397 e. The van der Waals surface area contributed by atoms with Crippen molar-refractivity contribution in [2.75, 3.05) is 11.1 Å². The average molecular weight is 261 g/mol. The van der Waals surface area contributed by atoms with E-state index in [-0.39, 0.29) is 5.91 Å². The predicted molar refractivity (Wildman–Crippen MR) is 75.1 cm³/mol. The van der Waals surface area contributed by atoms with Crippen LogP contribution in [0.15, 0.2) is 17.5 Å². The van der Waals surface area contributed by atoms with Crippen molar-refractivity contribution < 1.29 is 4.79 Å². The van der Waals surface area contributed by atoms with Crippen molar-refractivity contribution in [2.24, 2.45) is 0 Å². The maximum absolute atomic E-state index is 12.0. The molecule has 3 N–H and O–H groups in total. The number of aryl methyl sites for hydroxylation is 2. The Labute approximate surface area is 110 Å². The van der Waals surface area contributed by atoms with Crippen molar-refractivity contribution in [1.82, 2.24) is 4.98 Å². The van der Waals surface area contributed by atoms with Crippen LogP contribution >= 0.6 is 11.3 Å². The summed E-state index contributed by atoms with van der Waals surface area (Å²) < 4.78 is 0. The van der Waals surface area contributed by atoms with E-state index in [4.69, 9.17) is 5.73 Å². The van der Waals surface area contributed by atoms with Gasteiger partial charge in [0, 0.05) is 5.38 Å². The molecule has 0 fully saturated rings. The minimum absolute atomic E-state index is 0.222. The number of hydrogen-bond acceptors (Lipinski definition) is 4. The highest BCUT2D eigenvalue weighted by atomic mass is 32.1. The lowest BCUT2D eigenvalue weighted by Crippen LogP contribution is -2.15. The summed E-state index contributed by atoms with van der Waals surface area (Å²) in [4.78, 5) is 16.2. The van der Waals surface area contributed by atoms with Crippen LogP contribution in [0.25, 0.3) is 0 Å². The van der Waals surface area contributed by atoms with E-state index in [1.54, 1.807) is 11.4 Å². The molecule has 1 amide bonds. The summed E-state index contributed by atoms with van der Waals surface area (Å²) >= 11 is 1.45. The lowest BCUT2D eigenvalue weighted by Gasteiger charge is -2.12. The maximum Gasteiger partial charge on any atom is 0.275 e. The number of nitrogens with zero attached hydrogens (tertiary/aromatic N) is 1. The summed E-state index contributed by atoms with van der Waals surface area (Å²) in [7, 11) is 0. The Kier molecular flexibility index (Phi) is 3.34. The molecular formula is C13H15N3OS. The number of thiazole rings is 1. The van der Waals surface area contributed by atoms with Crippen molar-refractivity contribution in [3.63, 3.8) is 0 Å². The van der Waals surface area contributed by atoms with Gasteiger partial charge in [-0.1, -0.05) is 6.07 Å². The van der Waals surface area contributed by atoms with Crippen LogP contribution < -0.4 is 11.1 Å². The molecule has 2 rings (SSSR count). The second kappa shape index (κ2) is 4.78. The second-order valence-electron chi connectivity index (χ2n) is 4.18. The predicted octanol–water partition coefficient (Wildman–Crippen LogP) is 2.90. The molecule has 94 valence electrons. The summed E-state index contributed by atoms with van der Waals surface area (Å²) in [6.07, 6.45) is 0. The van der Waals surface area contributed by atoms with Crippen molar-refractivity contribution in [3.8, 4) is 0 Å². The number of aromatic nitrogens is 1. The number of nitrogens with two attached hydrogens (primary N) is 1. The molecule has 4 nitrogen and oxygen atoms in total. The monoisotopic (exact) mass is 261 g/mol. The van der Waals surface area contributed by atoms with Crippen molar-refractivity contribution in [2.45, 2.75) is 20.8 Å². The molecule has 2 aromatic rings. The van der Waals surface area contributed by atoms with E-state index in [0.717, 1.165) is 16.1 Å². The van der Waals surface area contributed by atoms with Gasteiger partial charge in [0.2, 0.25) is 0 Å². The van der Waals surface area contributed by atoms with E-state index in [1.807, 2.05) is 26.8 Å². The third-order valence-electron chi connectivity index (χ3n) is 2.86. The van der Waals surface area contributed by atoms with Gasteiger partial charge in [-0.25, -0.2) is 4.98 Å². The van der Waals surface area contributed by atoms with Gasteiger partial charge in [-0.05, 0) is 38.0 Å². The highest BCUT2D eigenvalue weighted by molar-refractivity contribution is 7.09. The molecule has 0 aliphatic carbocycles. The van der Waals surface area contributed by atoms with E-state index in [0.29, 0.717) is 17.1 Å². The van der Waals surface area contributed by atoms with Gasteiger partial charge in [0.15, 0.2) is 0 Å². The van der Waals surface area contributed by atoms with E-state index < -0.39 is 0 Å². The molecule has 0 spiro atoms. The third kappa shape index (κ3) is 2.36. The van der Waals surface area contributed by atoms with E-state index in [1.165, 1.54) is 11.3 Å². The molecule has 0 unspecified atom stereocenters. The zero-order valence-electron chi connectivity index (χ0n) is 10.6. The standard InChI is InChI=1S/C13H15N3OS/c1-7-4-5-10(14)12(8(7)2)16-13(17)11-6-18-9(3)15-11/h4-6H,14H2,1-3H3,(H,16,17). The molecule has 18 heavy (non-hydrogen) atoms. The number of rotatable bonds is 2. The fraction of sp³-hybridized carbons (Fsp3) is 0.231. The fourth-order valence-electron chi connectivity index (χ4n) is 1.65. The van der Waals surface area contributed by atoms with E-state index in [9.17, 15) is 4.79 Å². The summed E-state index contributed by atoms with van der Waals surface area (Å²) in [5.41, 5.74) is 9.63. The fourth-order valence-corrected chi connectivity index (χ4v) is 2.24. The molecule has 0 aliphatic rings. The second-order valence-corrected chi connectivity index (χ2v) is 5.24. The van der Waals surface area contributed by atoms with Gasteiger partial charge in [0.25, 0.3) is 5.91 Å². The van der Waals surface area contributed by atoms with Crippen molar-refractivity contribution in [1.29, 1.82) is 0 Å². The van der Waals surface area contributed by atoms with Crippen LogP contribution in [0.2, 0.25) is 0 Å². The lowest BCUT2D eigenvalue weighted by atomic mass is 10.1. The highest BCUT2D eigenvalue weighted by Gasteiger charge is 2.13. The SMILES string of the molecule is Cc1nc(C(=O)Nc2c(N)ccc(C)c2C)cs1. The normalized spacial score (nSPS) is 10.4. The first-order valence-electron chi connectivity index (χ1n) is 5.58. The largest absolute Gasteiger partial charge is 0.397 e. The van der Waals surface area contributed by atoms with Crippen LogP contribution in [0.5, 0.6) is 0 Å². The van der Waals surface area contributed by atoms with Gasteiger partial charge in [-0.3, -0.25) is 4.79 Å². The number of carbonyl (C=O) groups excluding carboxylic acids is 1. The Hall–Kier alpha value is -1.88. The Balaban J connectivity index is 2.30. The molecule has 0 radical (unpaired) electrons. The van der Waals surface area contributed by atoms with Gasteiger partial charge in [-0.15, -0.1) is 11.3 Å². The summed E-state index contributed by atoms with van der Waals surface area (Å²) in [6, 6.07) is 3.73. The molecule has 1 aromatic heterocycles. The van der Waals surface area contributed by atoms with Crippen LogP contribution in [-0.2, 0) is 0 Å². The molecule has 0 bridgehead atoms. The maximum atomic E-state index is 12.0. The van der Waals surface area contributed by atoms with Gasteiger partial charge in [0.05, 0.1) is 16.4 Å². The first kappa shape index (κ1) is 12.6. The van der Waals surface area contributed by atoms with Crippen molar-refractivity contribution in [3.05, 3.63) is 39.3 Å². The Morgan fingerprint density at radius 2 is 2.06 bits per heavy atom. The van der Waals surface area contributed by atoms with Gasteiger partial charge in [-0.2, -0.15) is 0 Å². The Morgan fingerprint density at radius 1 is 1.33 bits per heavy atom. The Morgan fingerprint density at radius 3 is 2.67 bits per heavy atom. The number of hydrogen-bond donors (Lipinski definition) is 2. The number of anilines is 2. The molecular weight excluding hydrogens is 246 g/mol. The van der Waals surface area contributed by atoms with E-state index >= 15 is 0 Å². The molecule has 0 saturated heterocycles. The smallest absolute Gasteiger partial charge is 0.275 e. The summed E-state index contributed by atoms with van der Waals surface area (Å²) in [6.45, 7) is 5.79. The number of amides is 1. The quantitative estimate of drug-likeness (QED) is 0.817. The average Bonchev–Trinajstić information content (AvgIpc) is 2.76. The zero-order chi connectivity index (χ0) is 13.3. The first-order valence-corrected chi connectivity index (χ1v) is 6.46. The van der Waals surface area contributed by atoms with Crippen LogP contribution in [0.3, 0.4) is 0 Å². The number of carbonyl (C=O) groups is 1. The number of benzene rings is 1. The van der Waals surface area contributed by atoms with Crippen LogP contribution in [0.1, 0.15) is 26.6 Å². The van der Waals surface area contributed by atoms with Crippen LogP contribution in [-0.4, -0.2) is 10.9 Å². The number of nitrogen functional groups attached to an aromatic ring is 1. The van der Waals surface area contributed by atoms with Crippen LogP contribution in [0.4, 0.5) is 11.4 Å². The number of nitrogens with one attached hydrogen (secondary N) is 1. The molecule has 0 saturated carbocycles. The van der Waals surface area contributed by atoms with Crippen LogP contribution in [0, 0.1) is 20.8 Å². The minimum atomic E-state index is -0.222.